The first-order chi connectivity index (χ1) is 7.66. The van der Waals surface area contributed by atoms with Crippen molar-refractivity contribution in [3.63, 3.8) is 0 Å². The molecule has 4 nitrogen and oxygen atoms in total. The number of furan rings is 1. The van der Waals surface area contributed by atoms with Crippen LogP contribution >= 0.6 is 0 Å². The van der Waals surface area contributed by atoms with Crippen LogP contribution in [0.5, 0.6) is 0 Å². The lowest BCUT2D eigenvalue weighted by atomic mass is 10.2. The summed E-state index contributed by atoms with van der Waals surface area (Å²) < 4.78 is 10.5. The second-order valence-electron chi connectivity index (χ2n) is 3.91. The van der Waals surface area contributed by atoms with Crippen LogP contribution in [-0.4, -0.2) is 4.98 Å². The first kappa shape index (κ1) is 11.0. The Morgan fingerprint density at radius 2 is 2.25 bits per heavy atom. The zero-order valence-electron chi connectivity index (χ0n) is 9.78. The van der Waals surface area contributed by atoms with Crippen molar-refractivity contribution >= 4 is 0 Å². The molecule has 0 fully saturated rings. The van der Waals surface area contributed by atoms with Gasteiger partial charge in [-0.15, -0.1) is 0 Å². The molecule has 2 aromatic rings. The molecule has 2 heterocycles. The summed E-state index contributed by atoms with van der Waals surface area (Å²) in [7, 11) is 0. The van der Waals surface area contributed by atoms with Gasteiger partial charge in [-0.1, -0.05) is 0 Å². The Bertz CT molecular complexity index is 426. The van der Waals surface area contributed by atoms with Crippen LogP contribution in [0, 0.1) is 13.8 Å². The maximum atomic E-state index is 5.48. The molecule has 4 heteroatoms. The Hall–Kier alpha value is -1.55. The molecule has 86 valence electrons. The van der Waals surface area contributed by atoms with Gasteiger partial charge in [-0.3, -0.25) is 0 Å². The molecule has 0 saturated heterocycles. The van der Waals surface area contributed by atoms with Gasteiger partial charge in [-0.2, -0.15) is 0 Å². The van der Waals surface area contributed by atoms with Crippen molar-refractivity contribution in [1.82, 2.24) is 10.3 Å². The molecule has 2 rings (SSSR count). The summed E-state index contributed by atoms with van der Waals surface area (Å²) in [4.78, 5) is 4.31. The molecule has 0 aliphatic carbocycles. The molecule has 0 radical (unpaired) electrons. The smallest absolute Gasteiger partial charge is 0.208 e. The van der Waals surface area contributed by atoms with Crippen molar-refractivity contribution in [3.05, 3.63) is 41.5 Å². The van der Waals surface area contributed by atoms with Crippen molar-refractivity contribution in [2.75, 3.05) is 0 Å². The van der Waals surface area contributed by atoms with Gasteiger partial charge in [0.15, 0.2) is 0 Å². The van der Waals surface area contributed by atoms with Crippen molar-refractivity contribution in [2.45, 2.75) is 33.4 Å². The van der Waals surface area contributed by atoms with E-state index in [1.165, 1.54) is 0 Å². The maximum Gasteiger partial charge on any atom is 0.208 e. The van der Waals surface area contributed by atoms with Crippen molar-refractivity contribution < 1.29 is 8.83 Å². The van der Waals surface area contributed by atoms with Crippen LogP contribution in [0.3, 0.4) is 0 Å². The molecule has 2 aromatic heterocycles. The lowest BCUT2D eigenvalue weighted by Crippen LogP contribution is -2.17. The number of hydrogen-bond acceptors (Lipinski definition) is 4. The Morgan fingerprint density at radius 3 is 2.81 bits per heavy atom. The molecule has 0 aliphatic rings. The van der Waals surface area contributed by atoms with E-state index in [4.69, 9.17) is 8.83 Å². The molecule has 1 N–H and O–H groups in total. The highest BCUT2D eigenvalue weighted by molar-refractivity contribution is 5.10. The lowest BCUT2D eigenvalue weighted by molar-refractivity contribution is 0.430. The number of aryl methyl sites for hydroxylation is 2. The summed E-state index contributed by atoms with van der Waals surface area (Å²) >= 11 is 0. The van der Waals surface area contributed by atoms with Crippen LogP contribution in [0.4, 0.5) is 0 Å². The Kier molecular flexibility index (Phi) is 3.10. The van der Waals surface area contributed by atoms with Gasteiger partial charge in [0.05, 0.1) is 24.8 Å². The minimum Gasteiger partial charge on any atom is -0.472 e. The summed E-state index contributed by atoms with van der Waals surface area (Å²) in [6, 6.07) is 2.18. The summed E-state index contributed by atoms with van der Waals surface area (Å²) in [6.45, 7) is 6.57. The van der Waals surface area contributed by atoms with Gasteiger partial charge >= 0.3 is 0 Å². The quantitative estimate of drug-likeness (QED) is 0.860. The molecule has 1 atom stereocenters. The molecule has 16 heavy (non-hydrogen) atoms. The third-order valence-corrected chi connectivity index (χ3v) is 2.68. The van der Waals surface area contributed by atoms with Crippen LogP contribution in [0.1, 0.15) is 35.9 Å². The highest BCUT2D eigenvalue weighted by Gasteiger charge is 2.09. The number of oxazole rings is 1. The molecule has 0 bridgehead atoms. The van der Waals surface area contributed by atoms with Gasteiger partial charge in [0.25, 0.3) is 0 Å². The van der Waals surface area contributed by atoms with Crippen LogP contribution in [-0.2, 0) is 6.54 Å². The van der Waals surface area contributed by atoms with E-state index in [1.54, 1.807) is 12.5 Å². The van der Waals surface area contributed by atoms with E-state index >= 15 is 0 Å². The van der Waals surface area contributed by atoms with Crippen LogP contribution < -0.4 is 5.32 Å². The molecular weight excluding hydrogens is 204 g/mol. The number of nitrogens with one attached hydrogen (secondary N) is 1. The van der Waals surface area contributed by atoms with Crippen LogP contribution in [0.15, 0.2) is 27.4 Å². The van der Waals surface area contributed by atoms with E-state index in [-0.39, 0.29) is 6.04 Å². The van der Waals surface area contributed by atoms with Crippen LogP contribution in [0.2, 0.25) is 0 Å². The minimum atomic E-state index is 0.228. The predicted molar refractivity (Wildman–Crippen MR) is 59.9 cm³/mol. The molecule has 0 saturated carbocycles. The fourth-order valence-electron chi connectivity index (χ4n) is 1.49. The predicted octanol–water partition coefficient (Wildman–Crippen LogP) is 2.74. The number of aromatic nitrogens is 1. The Labute approximate surface area is 94.7 Å². The second-order valence-corrected chi connectivity index (χ2v) is 3.91. The minimum absolute atomic E-state index is 0.228. The maximum absolute atomic E-state index is 5.48. The molecule has 0 spiro atoms. The SMILES string of the molecule is Cc1nc(CNC(C)c2ccoc2)oc1C. The molecule has 0 amide bonds. The van der Waals surface area contributed by atoms with E-state index in [9.17, 15) is 0 Å². The standard InChI is InChI=1S/C12H16N2O2/c1-8-10(3)16-12(14-8)6-13-9(2)11-4-5-15-7-11/h4-5,7,9,13H,6H2,1-3H3. The summed E-state index contributed by atoms with van der Waals surface area (Å²) in [6.07, 6.45) is 3.41. The highest BCUT2D eigenvalue weighted by Crippen LogP contribution is 2.14. The van der Waals surface area contributed by atoms with Gasteiger partial charge in [0, 0.05) is 11.6 Å². The Morgan fingerprint density at radius 1 is 1.44 bits per heavy atom. The van der Waals surface area contributed by atoms with Crippen molar-refractivity contribution in [2.24, 2.45) is 0 Å². The van der Waals surface area contributed by atoms with E-state index in [0.29, 0.717) is 6.54 Å². The zero-order valence-corrected chi connectivity index (χ0v) is 9.78. The molecular formula is C12H16N2O2. The summed E-state index contributed by atoms with van der Waals surface area (Å²) in [5.74, 6) is 1.61. The van der Waals surface area contributed by atoms with Gasteiger partial charge < -0.3 is 14.2 Å². The van der Waals surface area contributed by atoms with Gasteiger partial charge in [-0.25, -0.2) is 4.98 Å². The molecule has 1 unspecified atom stereocenters. The fraction of sp³-hybridized carbons (Fsp3) is 0.417. The average molecular weight is 220 g/mol. The topological polar surface area (TPSA) is 51.2 Å². The highest BCUT2D eigenvalue weighted by atomic mass is 16.4. The van der Waals surface area contributed by atoms with Gasteiger partial charge in [0.2, 0.25) is 5.89 Å². The monoisotopic (exact) mass is 220 g/mol. The Balaban J connectivity index is 1.92. The first-order valence-corrected chi connectivity index (χ1v) is 5.35. The van der Waals surface area contributed by atoms with E-state index < -0.39 is 0 Å². The van der Waals surface area contributed by atoms with E-state index in [1.807, 2.05) is 19.9 Å². The third kappa shape index (κ3) is 2.33. The normalized spacial score (nSPS) is 12.9. The van der Waals surface area contributed by atoms with E-state index in [2.05, 4.69) is 17.2 Å². The number of nitrogens with zero attached hydrogens (tertiary/aromatic N) is 1. The number of rotatable bonds is 4. The number of hydrogen-bond donors (Lipinski definition) is 1. The van der Waals surface area contributed by atoms with Crippen molar-refractivity contribution in [3.8, 4) is 0 Å². The third-order valence-electron chi connectivity index (χ3n) is 2.68. The average Bonchev–Trinajstić information content (AvgIpc) is 2.86. The van der Waals surface area contributed by atoms with E-state index in [0.717, 1.165) is 22.9 Å². The second kappa shape index (κ2) is 4.53. The first-order valence-electron chi connectivity index (χ1n) is 5.35. The largest absolute Gasteiger partial charge is 0.472 e. The summed E-state index contributed by atoms with van der Waals surface area (Å²) in [5.41, 5.74) is 2.08. The summed E-state index contributed by atoms with van der Waals surface area (Å²) in [5, 5.41) is 3.33. The lowest BCUT2D eigenvalue weighted by Gasteiger charge is -2.09. The zero-order chi connectivity index (χ0) is 11.5. The van der Waals surface area contributed by atoms with Crippen LogP contribution in [0.25, 0.3) is 0 Å². The van der Waals surface area contributed by atoms with Gasteiger partial charge in [0.1, 0.15) is 5.76 Å². The molecule has 0 aliphatic heterocycles. The van der Waals surface area contributed by atoms with Crippen molar-refractivity contribution in [1.29, 1.82) is 0 Å². The molecule has 0 aromatic carbocycles. The fourth-order valence-corrected chi connectivity index (χ4v) is 1.49. The van der Waals surface area contributed by atoms with Gasteiger partial charge in [-0.05, 0) is 26.8 Å².